The van der Waals surface area contributed by atoms with Crippen LogP contribution in [0.1, 0.15) is 67.6 Å². The molecule has 6 rings (SSSR count). The highest BCUT2D eigenvalue weighted by Gasteiger charge is 2.63. The smallest absolute Gasteiger partial charge is 0.270 e. The number of nitrogens with zero attached hydrogens (tertiary/aromatic N) is 1. The van der Waals surface area contributed by atoms with Crippen LogP contribution in [0.3, 0.4) is 0 Å². The summed E-state index contributed by atoms with van der Waals surface area (Å²) in [6.45, 7) is 11.8. The van der Waals surface area contributed by atoms with Gasteiger partial charge in [0.15, 0.2) is 5.75 Å². The Labute approximate surface area is 259 Å². The number of benzene rings is 2. The van der Waals surface area contributed by atoms with Crippen molar-refractivity contribution >= 4 is 29.0 Å². The summed E-state index contributed by atoms with van der Waals surface area (Å²) in [6, 6.07) is 8.69. The Morgan fingerprint density at radius 3 is 2.43 bits per heavy atom. The molecule has 1 spiro atoms. The van der Waals surface area contributed by atoms with Crippen LogP contribution in [0.5, 0.6) is 23.0 Å². The maximum atomic E-state index is 14.9. The highest BCUT2D eigenvalue weighted by molar-refractivity contribution is 6.36. The van der Waals surface area contributed by atoms with Crippen molar-refractivity contribution in [2.75, 3.05) is 26.1 Å². The zero-order valence-corrected chi connectivity index (χ0v) is 26.2. The normalized spacial score (nSPS) is 21.9. The van der Waals surface area contributed by atoms with Crippen LogP contribution in [-0.2, 0) is 4.79 Å². The zero-order chi connectivity index (χ0) is 31.7. The quantitative estimate of drug-likeness (QED) is 0.251. The molecule has 10 nitrogen and oxygen atoms in total. The molecule has 3 aliphatic rings. The number of halogens is 1. The Kier molecular flexibility index (Phi) is 7.15. The molecule has 0 bridgehead atoms. The lowest BCUT2D eigenvalue weighted by atomic mass is 9.66. The van der Waals surface area contributed by atoms with Gasteiger partial charge in [0, 0.05) is 35.2 Å². The molecule has 44 heavy (non-hydrogen) atoms. The third-order valence-corrected chi connectivity index (χ3v) is 8.91. The topological polar surface area (TPSA) is 121 Å². The van der Waals surface area contributed by atoms with Crippen molar-refractivity contribution in [3.8, 4) is 23.0 Å². The van der Waals surface area contributed by atoms with Gasteiger partial charge in [-0.25, -0.2) is 0 Å². The van der Waals surface area contributed by atoms with E-state index in [1.807, 2.05) is 32.9 Å². The van der Waals surface area contributed by atoms with Gasteiger partial charge in [-0.05, 0) is 50.5 Å². The van der Waals surface area contributed by atoms with E-state index in [0.717, 1.165) is 5.57 Å². The number of Topliss-reactive ketones (excluding diaryl/α,β-unsaturated/α-hetero) is 2. The second-order valence-electron chi connectivity index (χ2n) is 11.8. The lowest BCUT2D eigenvalue weighted by Crippen LogP contribution is -2.58. The average Bonchev–Trinajstić information content (AvgIpc) is 3.50. The molecule has 0 fully saturated rings. The number of carbonyl (C=O) groups excluding carboxylic acids is 2. The van der Waals surface area contributed by atoms with Crippen LogP contribution < -0.4 is 29.8 Å². The number of aromatic amines is 1. The molecule has 3 aromatic rings. The molecular weight excluding hydrogens is 586 g/mol. The molecule has 0 saturated carbocycles. The van der Waals surface area contributed by atoms with Crippen LogP contribution in [-0.4, -0.2) is 47.8 Å². The highest BCUT2D eigenvalue weighted by Crippen LogP contribution is 2.56. The number of H-pyrrole nitrogens is 1. The second kappa shape index (κ2) is 10.6. The molecule has 3 unspecified atom stereocenters. The van der Waals surface area contributed by atoms with E-state index in [9.17, 15) is 14.4 Å². The number of rotatable bonds is 7. The summed E-state index contributed by atoms with van der Waals surface area (Å²) in [6.07, 6.45) is 0.297. The average molecular weight is 620 g/mol. The molecule has 2 aromatic carbocycles. The van der Waals surface area contributed by atoms with Crippen LogP contribution in [0.25, 0.3) is 0 Å². The molecule has 0 saturated heterocycles. The first-order chi connectivity index (χ1) is 20.9. The van der Waals surface area contributed by atoms with Crippen LogP contribution in [0.4, 0.5) is 5.82 Å². The van der Waals surface area contributed by atoms with Gasteiger partial charge in [-0.1, -0.05) is 37.2 Å². The van der Waals surface area contributed by atoms with E-state index in [-0.39, 0.29) is 39.4 Å². The minimum Gasteiger partial charge on any atom is -0.496 e. The Hall–Kier alpha value is -4.44. The molecule has 0 amide bonds. The monoisotopic (exact) mass is 619 g/mol. The molecule has 11 heteroatoms. The number of fused-ring (bicyclic) bond motifs is 2. The van der Waals surface area contributed by atoms with Gasteiger partial charge in [-0.3, -0.25) is 24.2 Å². The van der Waals surface area contributed by atoms with Crippen molar-refractivity contribution in [2.24, 2.45) is 5.92 Å². The molecule has 3 atom stereocenters. The van der Waals surface area contributed by atoms with E-state index in [2.05, 4.69) is 17.0 Å². The van der Waals surface area contributed by atoms with Crippen molar-refractivity contribution in [1.29, 1.82) is 0 Å². The second-order valence-corrected chi connectivity index (χ2v) is 12.2. The molecule has 2 aliphatic heterocycles. The summed E-state index contributed by atoms with van der Waals surface area (Å²) in [5.41, 5.74) is 0.700. The van der Waals surface area contributed by atoms with Crippen LogP contribution in [0.15, 0.2) is 58.5 Å². The molecule has 2 N–H and O–H groups in total. The van der Waals surface area contributed by atoms with Gasteiger partial charge >= 0.3 is 0 Å². The predicted octanol–water partition coefficient (Wildman–Crippen LogP) is 5.82. The number of aromatic nitrogens is 2. The minimum absolute atomic E-state index is 0.0425. The third kappa shape index (κ3) is 4.18. The number of hydrogen-bond acceptors (Lipinski definition) is 8. The van der Waals surface area contributed by atoms with Crippen LogP contribution >= 0.6 is 11.6 Å². The van der Waals surface area contributed by atoms with E-state index in [1.54, 1.807) is 23.7 Å². The third-order valence-electron chi connectivity index (χ3n) is 8.55. The zero-order valence-electron chi connectivity index (χ0n) is 25.4. The van der Waals surface area contributed by atoms with E-state index >= 15 is 0 Å². The van der Waals surface area contributed by atoms with E-state index in [1.165, 1.54) is 20.3 Å². The highest BCUT2D eigenvalue weighted by atomic mass is 35.5. The molecule has 230 valence electrons. The Morgan fingerprint density at radius 2 is 1.82 bits per heavy atom. The first kappa shape index (κ1) is 29.6. The molecule has 0 radical (unpaired) electrons. The van der Waals surface area contributed by atoms with Crippen LogP contribution in [0.2, 0.25) is 5.02 Å². The minimum atomic E-state index is -1.92. The van der Waals surface area contributed by atoms with Crippen molar-refractivity contribution in [3.63, 3.8) is 0 Å². The number of allylic oxidation sites excluding steroid dienone is 1. The predicted molar refractivity (Wildman–Crippen MR) is 166 cm³/mol. The maximum Gasteiger partial charge on any atom is 0.270 e. The van der Waals surface area contributed by atoms with Crippen molar-refractivity contribution in [1.82, 2.24) is 9.78 Å². The van der Waals surface area contributed by atoms with Crippen molar-refractivity contribution in [2.45, 2.75) is 51.7 Å². The van der Waals surface area contributed by atoms with E-state index < -0.39 is 29.0 Å². The summed E-state index contributed by atoms with van der Waals surface area (Å²) in [4.78, 5) is 42.9. The molecular formula is C33H34ClN3O7. The lowest BCUT2D eigenvalue weighted by Gasteiger charge is -2.42. The Balaban J connectivity index is 1.52. The summed E-state index contributed by atoms with van der Waals surface area (Å²) in [5, 5.41) is 6.39. The van der Waals surface area contributed by atoms with Gasteiger partial charge in [-0.2, -0.15) is 0 Å². The summed E-state index contributed by atoms with van der Waals surface area (Å²) in [7, 11) is 2.86. The maximum absolute atomic E-state index is 14.9. The number of hydrogen-bond donors (Lipinski definition) is 2. The van der Waals surface area contributed by atoms with Crippen LogP contribution in [0, 0.1) is 5.92 Å². The van der Waals surface area contributed by atoms with Gasteiger partial charge in [0.1, 0.15) is 40.3 Å². The number of nitrogens with one attached hydrogen (secondary N) is 2. The van der Waals surface area contributed by atoms with Crippen molar-refractivity contribution in [3.05, 3.63) is 85.8 Å². The van der Waals surface area contributed by atoms with E-state index in [4.69, 9.17) is 30.5 Å². The van der Waals surface area contributed by atoms with Gasteiger partial charge < -0.3 is 24.3 Å². The van der Waals surface area contributed by atoms with Gasteiger partial charge in [0.2, 0.25) is 17.2 Å². The fourth-order valence-corrected chi connectivity index (χ4v) is 6.71. The first-order valence-electron chi connectivity index (χ1n) is 14.4. The SMILES string of the molecule is C=C(C)COc1ccc(C2C3=C(CC(C)C4(Oc5c(Cl)c(OC)cc(OC)c5C4=O)C3=O)Nc3c2c(=O)[nH]n3C(C)C)cc1. The summed E-state index contributed by atoms with van der Waals surface area (Å²) in [5.74, 6) is -0.763. The largest absolute Gasteiger partial charge is 0.496 e. The standard InChI is InChI=1S/C33H34ClN3O7/c1-15(2)14-43-19-10-8-18(9-11-19)23-24-20(35-31-26(23)32(40)36-37(31)16(3)4)12-17(5)33(29(24)38)30(39)25-21(41-6)13-22(42-7)27(34)28(25)44-33/h8-11,13,16-17,23,35H,1,12,14H2,2-7H3,(H,36,40). The number of ketones is 2. The molecule has 1 aromatic heterocycles. The Bertz CT molecular complexity index is 1820. The van der Waals surface area contributed by atoms with Gasteiger partial charge in [0.05, 0.1) is 19.8 Å². The Morgan fingerprint density at radius 1 is 1.14 bits per heavy atom. The summed E-state index contributed by atoms with van der Waals surface area (Å²) < 4.78 is 24.9. The number of carbonyl (C=O) groups is 2. The lowest BCUT2D eigenvalue weighted by molar-refractivity contribution is -0.130. The molecule has 1 aliphatic carbocycles. The van der Waals surface area contributed by atoms with Gasteiger partial charge in [-0.15, -0.1) is 0 Å². The molecule has 3 heterocycles. The fourth-order valence-electron chi connectivity index (χ4n) is 6.45. The summed E-state index contributed by atoms with van der Waals surface area (Å²) >= 11 is 6.63. The van der Waals surface area contributed by atoms with Gasteiger partial charge in [0.25, 0.3) is 5.56 Å². The number of methoxy groups -OCH3 is 2. The fraction of sp³-hybridized carbons (Fsp3) is 0.364. The van der Waals surface area contributed by atoms with E-state index in [0.29, 0.717) is 47.0 Å². The number of anilines is 1. The van der Waals surface area contributed by atoms with Crippen molar-refractivity contribution < 1.29 is 28.5 Å². The first-order valence-corrected chi connectivity index (χ1v) is 14.8. The number of ether oxygens (including phenoxy) is 4.